The zero-order valence-corrected chi connectivity index (χ0v) is 16.4. The topological polar surface area (TPSA) is 70.7 Å². The molecule has 130 valence electrons. The number of halogens is 3. The average Bonchev–Trinajstić information content (AvgIpc) is 2.96. The molecule has 0 spiro atoms. The molecular formula is C18H11Br2FN4O. The van der Waals surface area contributed by atoms with Crippen LogP contribution >= 0.6 is 31.9 Å². The minimum absolute atomic E-state index is 0.231. The van der Waals surface area contributed by atoms with Gasteiger partial charge in [-0.15, -0.1) is 0 Å². The van der Waals surface area contributed by atoms with Gasteiger partial charge in [-0.25, -0.2) is 4.39 Å². The highest BCUT2D eigenvalue weighted by atomic mass is 79.9. The van der Waals surface area contributed by atoms with E-state index in [1.54, 1.807) is 36.5 Å². The van der Waals surface area contributed by atoms with Crippen LogP contribution < -0.4 is 5.32 Å². The summed E-state index contributed by atoms with van der Waals surface area (Å²) in [6.07, 6.45) is 1.66. The number of anilines is 1. The van der Waals surface area contributed by atoms with Crippen LogP contribution in [0, 0.1) is 17.1 Å². The Morgan fingerprint density at radius 3 is 2.73 bits per heavy atom. The van der Waals surface area contributed by atoms with Crippen LogP contribution in [0.25, 0.3) is 0 Å². The minimum Gasteiger partial charge on any atom is -0.304 e. The predicted molar refractivity (Wildman–Crippen MR) is 102 cm³/mol. The molecule has 1 N–H and O–H groups in total. The number of carbonyl (C=O) groups excluding carboxylic acids is 1. The van der Waals surface area contributed by atoms with Crippen LogP contribution in [0.1, 0.15) is 21.5 Å². The zero-order chi connectivity index (χ0) is 18.7. The van der Waals surface area contributed by atoms with Crippen molar-refractivity contribution in [3.63, 3.8) is 0 Å². The summed E-state index contributed by atoms with van der Waals surface area (Å²) in [6.45, 7) is 0.231. The first kappa shape index (κ1) is 18.3. The molecule has 0 saturated heterocycles. The second kappa shape index (κ2) is 7.81. The van der Waals surface area contributed by atoms with E-state index in [1.165, 1.54) is 16.8 Å². The molecule has 3 aromatic rings. The van der Waals surface area contributed by atoms with Gasteiger partial charge in [0.15, 0.2) is 5.82 Å². The highest BCUT2D eigenvalue weighted by Crippen LogP contribution is 2.24. The Bertz CT molecular complexity index is 1030. The number of benzene rings is 2. The minimum atomic E-state index is -0.411. The number of aromatic nitrogens is 2. The van der Waals surface area contributed by atoms with Crippen LogP contribution in [-0.2, 0) is 6.54 Å². The molecule has 0 fully saturated rings. The molecule has 26 heavy (non-hydrogen) atoms. The summed E-state index contributed by atoms with van der Waals surface area (Å²) in [5.74, 6) is -0.423. The van der Waals surface area contributed by atoms with Gasteiger partial charge in [-0.2, -0.15) is 10.4 Å². The van der Waals surface area contributed by atoms with Gasteiger partial charge < -0.3 is 5.32 Å². The third-order valence-electron chi connectivity index (χ3n) is 3.58. The van der Waals surface area contributed by atoms with Crippen LogP contribution in [0.15, 0.2) is 57.6 Å². The van der Waals surface area contributed by atoms with Gasteiger partial charge in [0, 0.05) is 16.2 Å². The van der Waals surface area contributed by atoms with Crippen molar-refractivity contribution in [3.8, 4) is 6.07 Å². The number of nitrogens with one attached hydrogen (secondary N) is 1. The van der Waals surface area contributed by atoms with Crippen molar-refractivity contribution in [2.75, 3.05) is 5.32 Å². The van der Waals surface area contributed by atoms with Crippen LogP contribution in [0.5, 0.6) is 0 Å². The van der Waals surface area contributed by atoms with E-state index in [1.807, 2.05) is 6.07 Å². The van der Waals surface area contributed by atoms with Gasteiger partial charge in [0.25, 0.3) is 5.91 Å². The van der Waals surface area contributed by atoms with Crippen molar-refractivity contribution in [2.45, 2.75) is 6.54 Å². The average molecular weight is 478 g/mol. The van der Waals surface area contributed by atoms with E-state index in [4.69, 9.17) is 5.26 Å². The van der Waals surface area contributed by atoms with Gasteiger partial charge in [0.2, 0.25) is 0 Å². The van der Waals surface area contributed by atoms with Crippen molar-refractivity contribution >= 4 is 43.6 Å². The lowest BCUT2D eigenvalue weighted by Gasteiger charge is -2.06. The first-order valence-corrected chi connectivity index (χ1v) is 9.04. The van der Waals surface area contributed by atoms with Gasteiger partial charge in [-0.05, 0) is 56.1 Å². The highest BCUT2D eigenvalue weighted by molar-refractivity contribution is 9.11. The monoisotopic (exact) mass is 476 g/mol. The molecule has 2 aromatic carbocycles. The Balaban J connectivity index is 1.81. The first-order chi connectivity index (χ1) is 12.5. The Kier molecular flexibility index (Phi) is 5.49. The third-order valence-corrected chi connectivity index (χ3v) is 4.85. The van der Waals surface area contributed by atoms with Gasteiger partial charge in [-0.1, -0.05) is 18.2 Å². The molecule has 1 heterocycles. The fraction of sp³-hybridized carbons (Fsp3) is 0.0556. The maximum atomic E-state index is 13.8. The number of rotatable bonds is 4. The van der Waals surface area contributed by atoms with Gasteiger partial charge in [0.05, 0.1) is 28.2 Å². The lowest BCUT2D eigenvalue weighted by molar-refractivity contribution is 0.102. The number of hydrogen-bond donors (Lipinski definition) is 1. The molecular weight excluding hydrogens is 467 g/mol. The molecule has 5 nitrogen and oxygen atoms in total. The van der Waals surface area contributed by atoms with Crippen molar-refractivity contribution in [1.29, 1.82) is 5.26 Å². The summed E-state index contributed by atoms with van der Waals surface area (Å²) >= 11 is 6.64. The molecule has 1 aromatic heterocycles. The van der Waals surface area contributed by atoms with Gasteiger partial charge in [-0.3, -0.25) is 9.48 Å². The van der Waals surface area contributed by atoms with Crippen LogP contribution in [-0.4, -0.2) is 15.7 Å². The molecule has 0 aliphatic heterocycles. The van der Waals surface area contributed by atoms with E-state index in [9.17, 15) is 9.18 Å². The maximum Gasteiger partial charge on any atom is 0.258 e. The van der Waals surface area contributed by atoms with E-state index in [2.05, 4.69) is 42.3 Å². The summed E-state index contributed by atoms with van der Waals surface area (Å²) in [6, 6.07) is 13.2. The highest BCUT2D eigenvalue weighted by Gasteiger charge is 2.15. The second-order valence-corrected chi connectivity index (χ2v) is 7.08. The number of nitrogens with zero attached hydrogens (tertiary/aromatic N) is 3. The number of carbonyl (C=O) groups is 1. The van der Waals surface area contributed by atoms with E-state index in [0.29, 0.717) is 31.5 Å². The summed E-state index contributed by atoms with van der Waals surface area (Å²) in [5, 5.41) is 15.9. The molecule has 0 radical (unpaired) electrons. The molecule has 0 aliphatic carbocycles. The molecule has 0 aliphatic rings. The smallest absolute Gasteiger partial charge is 0.258 e. The summed E-state index contributed by atoms with van der Waals surface area (Å²) in [5.41, 5.74) is 1.19. The standard InChI is InChI=1S/C18H11Br2FN4O/c19-14-6-5-11(8-22)7-13(14)18(26)23-17-15(20)10-25(24-17)9-12-3-1-2-4-16(12)21/h1-7,10H,9H2,(H,23,24,26). The molecule has 1 amide bonds. The lowest BCUT2D eigenvalue weighted by Crippen LogP contribution is -2.14. The quantitative estimate of drug-likeness (QED) is 0.591. The Labute approximate surface area is 165 Å². The molecule has 0 bridgehead atoms. The van der Waals surface area contributed by atoms with E-state index in [0.717, 1.165) is 0 Å². The van der Waals surface area contributed by atoms with Crippen molar-refractivity contribution in [2.24, 2.45) is 0 Å². The first-order valence-electron chi connectivity index (χ1n) is 7.45. The van der Waals surface area contributed by atoms with E-state index in [-0.39, 0.29) is 12.4 Å². The fourth-order valence-electron chi connectivity index (χ4n) is 2.31. The molecule has 0 atom stereocenters. The predicted octanol–water partition coefficient (Wildman–Crippen LogP) is 4.72. The summed E-state index contributed by atoms with van der Waals surface area (Å²) in [4.78, 5) is 12.5. The fourth-order valence-corrected chi connectivity index (χ4v) is 3.15. The largest absolute Gasteiger partial charge is 0.304 e. The molecule has 0 saturated carbocycles. The second-order valence-electron chi connectivity index (χ2n) is 5.38. The SMILES string of the molecule is N#Cc1ccc(Br)c(C(=O)Nc2nn(Cc3ccccc3F)cc2Br)c1. The third kappa shape index (κ3) is 4.00. The zero-order valence-electron chi connectivity index (χ0n) is 13.2. The van der Waals surface area contributed by atoms with Crippen molar-refractivity contribution < 1.29 is 9.18 Å². The van der Waals surface area contributed by atoms with Gasteiger partial charge in [0.1, 0.15) is 5.82 Å². The Hall–Kier alpha value is -2.50. The number of amides is 1. The maximum absolute atomic E-state index is 13.8. The van der Waals surface area contributed by atoms with E-state index < -0.39 is 5.91 Å². The molecule has 3 rings (SSSR count). The van der Waals surface area contributed by atoms with Crippen molar-refractivity contribution in [3.05, 3.63) is 80.1 Å². The van der Waals surface area contributed by atoms with Gasteiger partial charge >= 0.3 is 0 Å². The Morgan fingerprint density at radius 2 is 2.00 bits per heavy atom. The van der Waals surface area contributed by atoms with E-state index >= 15 is 0 Å². The summed E-state index contributed by atoms with van der Waals surface area (Å²) < 4.78 is 16.4. The van der Waals surface area contributed by atoms with Crippen LogP contribution in [0.3, 0.4) is 0 Å². The Morgan fingerprint density at radius 1 is 1.23 bits per heavy atom. The normalized spacial score (nSPS) is 10.4. The van der Waals surface area contributed by atoms with Crippen molar-refractivity contribution in [1.82, 2.24) is 9.78 Å². The van der Waals surface area contributed by atoms with Crippen LogP contribution in [0.2, 0.25) is 0 Å². The van der Waals surface area contributed by atoms with Crippen LogP contribution in [0.4, 0.5) is 10.2 Å². The number of hydrogen-bond acceptors (Lipinski definition) is 3. The molecule has 0 unspecified atom stereocenters. The number of nitriles is 1. The lowest BCUT2D eigenvalue weighted by atomic mass is 10.1. The molecule has 8 heteroatoms. The summed E-state index contributed by atoms with van der Waals surface area (Å²) in [7, 11) is 0.